The Morgan fingerprint density at radius 3 is 2.64 bits per heavy atom. The molecule has 0 radical (unpaired) electrons. The number of hydrogen-bond donors (Lipinski definition) is 1. The van der Waals surface area contributed by atoms with Crippen LogP contribution < -0.4 is 4.90 Å². The second-order valence-corrected chi connectivity index (χ2v) is 4.51. The lowest BCUT2D eigenvalue weighted by Crippen LogP contribution is -2.35. The van der Waals surface area contributed by atoms with Gasteiger partial charge in [-0.2, -0.15) is 8.78 Å². The molecule has 0 bridgehead atoms. The van der Waals surface area contributed by atoms with Gasteiger partial charge < -0.3 is 19.5 Å². The number of anilines is 1. The zero-order valence-corrected chi connectivity index (χ0v) is 11.8. The molecule has 1 aromatic rings. The number of methoxy groups -OCH3 is 1. The standard InChI is InChI=1S/C15H15F2NO4/c1-21-14(20)10-2-4-11(5-3-10)18-7-6-13(19)8-12(18)9-22-15(16)17/h2-8,12,15,19H,9H2,1H3/t12-/m0/s1. The lowest BCUT2D eigenvalue weighted by Gasteiger charge is -2.30. The number of halogens is 2. The van der Waals surface area contributed by atoms with Crippen molar-refractivity contribution in [2.24, 2.45) is 0 Å². The van der Waals surface area contributed by atoms with Crippen molar-refractivity contribution in [3.8, 4) is 0 Å². The van der Waals surface area contributed by atoms with Crippen molar-refractivity contribution in [2.45, 2.75) is 12.7 Å². The summed E-state index contributed by atoms with van der Waals surface area (Å²) in [5.74, 6) is -0.485. The van der Waals surface area contributed by atoms with Gasteiger partial charge in [-0.25, -0.2) is 4.79 Å². The number of benzene rings is 1. The SMILES string of the molecule is COC(=O)c1ccc(N2C=CC(O)=C[C@H]2COC(F)F)cc1. The van der Waals surface area contributed by atoms with E-state index >= 15 is 0 Å². The molecule has 0 aromatic heterocycles. The predicted molar refractivity (Wildman–Crippen MR) is 75.9 cm³/mol. The van der Waals surface area contributed by atoms with Crippen LogP contribution in [-0.2, 0) is 9.47 Å². The second-order valence-electron chi connectivity index (χ2n) is 4.51. The molecule has 22 heavy (non-hydrogen) atoms. The molecule has 1 aliphatic rings. The smallest absolute Gasteiger partial charge is 0.345 e. The van der Waals surface area contributed by atoms with Crippen molar-refractivity contribution in [1.82, 2.24) is 0 Å². The molecule has 5 nitrogen and oxygen atoms in total. The van der Waals surface area contributed by atoms with Crippen LogP contribution in [0.1, 0.15) is 10.4 Å². The minimum atomic E-state index is -2.88. The van der Waals surface area contributed by atoms with Gasteiger partial charge in [0.2, 0.25) is 0 Å². The quantitative estimate of drug-likeness (QED) is 0.847. The van der Waals surface area contributed by atoms with E-state index in [0.29, 0.717) is 11.3 Å². The molecule has 1 N–H and O–H groups in total. The van der Waals surface area contributed by atoms with Crippen LogP contribution in [0.2, 0.25) is 0 Å². The lowest BCUT2D eigenvalue weighted by atomic mass is 10.1. The highest BCUT2D eigenvalue weighted by Gasteiger charge is 2.21. The number of aliphatic hydroxyl groups excluding tert-OH is 1. The number of ether oxygens (including phenoxy) is 2. The molecule has 1 aliphatic heterocycles. The summed E-state index contributed by atoms with van der Waals surface area (Å²) >= 11 is 0. The van der Waals surface area contributed by atoms with E-state index in [4.69, 9.17) is 0 Å². The summed E-state index contributed by atoms with van der Waals surface area (Å²) in [5, 5.41) is 9.50. The molecule has 0 spiro atoms. The number of carbonyl (C=O) groups is 1. The normalized spacial score (nSPS) is 17.5. The summed E-state index contributed by atoms with van der Waals surface area (Å²) in [6.45, 7) is -3.17. The first kappa shape index (κ1) is 16.0. The summed E-state index contributed by atoms with van der Waals surface area (Å²) in [6.07, 6.45) is 4.41. The first-order valence-electron chi connectivity index (χ1n) is 6.46. The first-order valence-corrected chi connectivity index (χ1v) is 6.46. The minimum absolute atomic E-state index is 0.0229. The molecule has 118 valence electrons. The number of allylic oxidation sites excluding steroid dienone is 1. The van der Waals surface area contributed by atoms with Crippen LogP contribution in [0.15, 0.2) is 48.4 Å². The summed E-state index contributed by atoms with van der Waals surface area (Å²) in [4.78, 5) is 13.0. The molecule has 0 saturated carbocycles. The maximum Gasteiger partial charge on any atom is 0.345 e. The number of alkyl halides is 2. The van der Waals surface area contributed by atoms with Gasteiger partial charge in [0.15, 0.2) is 0 Å². The highest BCUT2D eigenvalue weighted by molar-refractivity contribution is 5.89. The third kappa shape index (κ3) is 3.82. The summed E-state index contributed by atoms with van der Waals surface area (Å²) in [5.41, 5.74) is 1.04. The van der Waals surface area contributed by atoms with Gasteiger partial charge in [0, 0.05) is 11.9 Å². The molecule has 0 fully saturated rings. The molecule has 0 saturated heterocycles. The van der Waals surface area contributed by atoms with Crippen molar-refractivity contribution in [1.29, 1.82) is 0 Å². The van der Waals surface area contributed by atoms with Crippen LogP contribution in [0.4, 0.5) is 14.5 Å². The average Bonchev–Trinajstić information content (AvgIpc) is 2.52. The average molecular weight is 311 g/mol. The zero-order chi connectivity index (χ0) is 16.1. The van der Waals surface area contributed by atoms with E-state index in [1.54, 1.807) is 35.4 Å². The van der Waals surface area contributed by atoms with Crippen molar-refractivity contribution in [3.05, 3.63) is 53.9 Å². The Bertz CT molecular complexity index is 584. The van der Waals surface area contributed by atoms with Gasteiger partial charge in [0.1, 0.15) is 5.76 Å². The van der Waals surface area contributed by atoms with Crippen LogP contribution >= 0.6 is 0 Å². The highest BCUT2D eigenvalue weighted by Crippen LogP contribution is 2.23. The zero-order valence-electron chi connectivity index (χ0n) is 11.8. The van der Waals surface area contributed by atoms with E-state index < -0.39 is 18.6 Å². The van der Waals surface area contributed by atoms with Crippen LogP contribution in [0.5, 0.6) is 0 Å². The number of carbonyl (C=O) groups excluding carboxylic acids is 1. The van der Waals surface area contributed by atoms with E-state index in [9.17, 15) is 18.7 Å². The Morgan fingerprint density at radius 2 is 2.05 bits per heavy atom. The van der Waals surface area contributed by atoms with Crippen LogP contribution in [-0.4, -0.2) is 37.4 Å². The fourth-order valence-corrected chi connectivity index (χ4v) is 2.06. The number of aliphatic hydroxyl groups is 1. The predicted octanol–water partition coefficient (Wildman–Crippen LogP) is 2.86. The van der Waals surface area contributed by atoms with Crippen LogP contribution in [0.3, 0.4) is 0 Å². The van der Waals surface area contributed by atoms with Gasteiger partial charge >= 0.3 is 12.6 Å². The fraction of sp³-hybridized carbons (Fsp3) is 0.267. The van der Waals surface area contributed by atoms with E-state index in [1.165, 1.54) is 19.3 Å². The van der Waals surface area contributed by atoms with Crippen molar-refractivity contribution < 1.29 is 28.2 Å². The second kappa shape index (κ2) is 7.04. The Balaban J connectivity index is 2.17. The largest absolute Gasteiger partial charge is 0.508 e. The number of esters is 1. The molecule has 1 atom stereocenters. The van der Waals surface area contributed by atoms with Crippen LogP contribution in [0.25, 0.3) is 0 Å². The van der Waals surface area contributed by atoms with E-state index in [-0.39, 0.29) is 12.4 Å². The van der Waals surface area contributed by atoms with E-state index in [2.05, 4.69) is 9.47 Å². The van der Waals surface area contributed by atoms with Crippen molar-refractivity contribution in [2.75, 3.05) is 18.6 Å². The Kier molecular flexibility index (Phi) is 5.11. The fourth-order valence-electron chi connectivity index (χ4n) is 2.06. The summed E-state index contributed by atoms with van der Waals surface area (Å²) < 4.78 is 33.3. The van der Waals surface area contributed by atoms with Gasteiger partial charge in [0.25, 0.3) is 0 Å². The van der Waals surface area contributed by atoms with Gasteiger partial charge in [-0.3, -0.25) is 0 Å². The molecule has 0 aliphatic carbocycles. The van der Waals surface area contributed by atoms with Crippen molar-refractivity contribution >= 4 is 11.7 Å². The van der Waals surface area contributed by atoms with Crippen LogP contribution in [0, 0.1) is 0 Å². The van der Waals surface area contributed by atoms with E-state index in [1.807, 2.05) is 0 Å². The molecular weight excluding hydrogens is 296 g/mol. The number of hydrogen-bond acceptors (Lipinski definition) is 5. The molecule has 1 heterocycles. The Hall–Kier alpha value is -2.41. The van der Waals surface area contributed by atoms with E-state index in [0.717, 1.165) is 0 Å². The molecular formula is C15H15F2NO4. The summed E-state index contributed by atoms with van der Waals surface area (Å²) in [6, 6.07) is 5.86. The third-order valence-electron chi connectivity index (χ3n) is 3.11. The molecule has 0 amide bonds. The molecule has 7 heteroatoms. The molecule has 0 unspecified atom stereocenters. The monoisotopic (exact) mass is 311 g/mol. The topological polar surface area (TPSA) is 59.0 Å². The minimum Gasteiger partial charge on any atom is -0.508 e. The maximum absolute atomic E-state index is 12.2. The highest BCUT2D eigenvalue weighted by atomic mass is 19.3. The van der Waals surface area contributed by atoms with Gasteiger partial charge in [-0.1, -0.05) is 0 Å². The van der Waals surface area contributed by atoms with Crippen molar-refractivity contribution in [3.63, 3.8) is 0 Å². The van der Waals surface area contributed by atoms with Gasteiger partial charge in [-0.15, -0.1) is 0 Å². The maximum atomic E-state index is 12.2. The summed E-state index contributed by atoms with van der Waals surface area (Å²) in [7, 11) is 1.29. The molecule has 2 rings (SSSR count). The Morgan fingerprint density at radius 1 is 1.36 bits per heavy atom. The Labute approximate surface area is 126 Å². The third-order valence-corrected chi connectivity index (χ3v) is 3.11. The van der Waals surface area contributed by atoms with Gasteiger partial charge in [-0.05, 0) is 36.4 Å². The molecule has 1 aromatic carbocycles. The van der Waals surface area contributed by atoms with Gasteiger partial charge in [0.05, 0.1) is 25.3 Å². The number of rotatable bonds is 5. The number of nitrogens with zero attached hydrogens (tertiary/aromatic N) is 1. The lowest BCUT2D eigenvalue weighted by molar-refractivity contribution is -0.129. The first-order chi connectivity index (χ1) is 10.5.